The number of rotatable bonds is 9. The number of benzene rings is 1. The van der Waals surface area contributed by atoms with Crippen LogP contribution in [0.3, 0.4) is 0 Å². The Kier molecular flexibility index (Phi) is 11.7. The summed E-state index contributed by atoms with van der Waals surface area (Å²) in [6, 6.07) is 4.45. The van der Waals surface area contributed by atoms with Gasteiger partial charge in [0, 0.05) is 36.0 Å². The minimum Gasteiger partial charge on any atom is -0.507 e. The lowest BCUT2D eigenvalue weighted by molar-refractivity contribution is -0.185. The van der Waals surface area contributed by atoms with E-state index in [0.717, 1.165) is 23.1 Å². The molecule has 0 bridgehead atoms. The molecule has 1 N–H and O–H groups in total. The van der Waals surface area contributed by atoms with Gasteiger partial charge in [-0.1, -0.05) is 73.4 Å². The number of nitrogens with zero attached hydrogens (tertiary/aromatic N) is 2. The molecular formula is C40H68N2O5. The van der Waals surface area contributed by atoms with Gasteiger partial charge < -0.3 is 14.6 Å². The average Bonchev–Trinajstić information content (AvgIpc) is 2.91. The molecule has 4 unspecified atom stereocenters. The summed E-state index contributed by atoms with van der Waals surface area (Å²) in [5.74, 6) is -0.670. The van der Waals surface area contributed by atoms with E-state index in [9.17, 15) is 14.7 Å². The number of esters is 2. The van der Waals surface area contributed by atoms with E-state index in [-0.39, 0.29) is 58.4 Å². The van der Waals surface area contributed by atoms with Crippen LogP contribution in [0.5, 0.6) is 5.75 Å². The highest BCUT2D eigenvalue weighted by Crippen LogP contribution is 2.44. The largest absolute Gasteiger partial charge is 0.507 e. The molecular weight excluding hydrogens is 588 g/mol. The van der Waals surface area contributed by atoms with Crippen LogP contribution in [0, 0.1) is 5.41 Å². The van der Waals surface area contributed by atoms with Gasteiger partial charge >= 0.3 is 11.9 Å². The van der Waals surface area contributed by atoms with E-state index in [1.807, 2.05) is 12.1 Å². The topological polar surface area (TPSA) is 79.3 Å². The van der Waals surface area contributed by atoms with Crippen LogP contribution in [-0.2, 0) is 36.3 Å². The van der Waals surface area contributed by atoms with Crippen molar-refractivity contribution in [2.75, 3.05) is 14.1 Å². The molecule has 47 heavy (non-hydrogen) atoms. The second-order valence-corrected chi connectivity index (χ2v) is 18.4. The SMILES string of the molecule is CCCCC(Cc1cc(C(C)(C)C)c(O)c(C(C)(C)C)c1)(C(=O)OC1CC(C)N(C)C(C)(C)C1)C(=O)OC1CC(C)N(C)C(C)(C)C1. The predicted molar refractivity (Wildman–Crippen MR) is 192 cm³/mol. The number of likely N-dealkylation sites (tertiary alicyclic amines) is 2. The molecule has 0 spiro atoms. The first kappa shape index (κ1) is 39.3. The fraction of sp³-hybridized carbons (Fsp3) is 0.800. The average molecular weight is 657 g/mol. The van der Waals surface area contributed by atoms with Gasteiger partial charge in [0.25, 0.3) is 0 Å². The van der Waals surface area contributed by atoms with E-state index < -0.39 is 17.4 Å². The Hall–Kier alpha value is -2.12. The molecule has 0 saturated carbocycles. The zero-order valence-electron chi connectivity index (χ0n) is 32.6. The van der Waals surface area contributed by atoms with Crippen LogP contribution in [0.25, 0.3) is 0 Å². The highest BCUT2D eigenvalue weighted by Gasteiger charge is 2.52. The van der Waals surface area contributed by atoms with E-state index in [1.54, 1.807) is 0 Å². The molecule has 2 saturated heterocycles. The maximum Gasteiger partial charge on any atom is 0.324 e. The highest BCUT2D eigenvalue weighted by atomic mass is 16.6. The van der Waals surface area contributed by atoms with E-state index in [2.05, 4.69) is 114 Å². The van der Waals surface area contributed by atoms with Gasteiger partial charge in [-0.3, -0.25) is 19.4 Å². The van der Waals surface area contributed by atoms with Crippen LogP contribution >= 0.6 is 0 Å². The third kappa shape index (κ3) is 8.73. The molecule has 2 aliphatic rings. The van der Waals surface area contributed by atoms with Crippen molar-refractivity contribution in [1.82, 2.24) is 9.80 Å². The Labute approximate surface area is 287 Å². The zero-order valence-corrected chi connectivity index (χ0v) is 32.6. The third-order valence-electron chi connectivity index (χ3n) is 11.5. The van der Waals surface area contributed by atoms with Crippen LogP contribution in [-0.4, -0.2) is 76.3 Å². The quantitative estimate of drug-likeness (QED) is 0.212. The molecule has 3 rings (SSSR count). The molecule has 1 aromatic rings. The summed E-state index contributed by atoms with van der Waals surface area (Å²) in [6.45, 7) is 27.6. The molecule has 7 nitrogen and oxygen atoms in total. The first-order valence-electron chi connectivity index (χ1n) is 18.1. The Morgan fingerprint density at radius 3 is 1.51 bits per heavy atom. The van der Waals surface area contributed by atoms with Gasteiger partial charge in [0.1, 0.15) is 18.0 Å². The Balaban J connectivity index is 2.16. The van der Waals surface area contributed by atoms with Crippen LogP contribution < -0.4 is 0 Å². The molecule has 0 radical (unpaired) electrons. The van der Waals surface area contributed by atoms with Gasteiger partial charge in [-0.25, -0.2) is 0 Å². The molecule has 268 valence electrons. The highest BCUT2D eigenvalue weighted by molar-refractivity contribution is 6.00. The molecule has 1 aromatic carbocycles. The summed E-state index contributed by atoms with van der Waals surface area (Å²) in [4.78, 5) is 34.3. The number of hydrogen-bond acceptors (Lipinski definition) is 7. The van der Waals surface area contributed by atoms with Crippen molar-refractivity contribution < 1.29 is 24.2 Å². The molecule has 2 aliphatic heterocycles. The van der Waals surface area contributed by atoms with Crippen molar-refractivity contribution in [2.45, 2.75) is 188 Å². The van der Waals surface area contributed by atoms with Crippen molar-refractivity contribution >= 4 is 11.9 Å². The number of aromatic hydroxyl groups is 1. The summed E-state index contributed by atoms with van der Waals surface area (Å²) in [6.07, 6.45) is 4.24. The van der Waals surface area contributed by atoms with Gasteiger partial charge in [-0.15, -0.1) is 0 Å². The molecule has 2 fully saturated rings. The predicted octanol–water partition coefficient (Wildman–Crippen LogP) is 8.32. The lowest BCUT2D eigenvalue weighted by atomic mass is 9.73. The van der Waals surface area contributed by atoms with Crippen molar-refractivity contribution in [3.05, 3.63) is 28.8 Å². The minimum absolute atomic E-state index is 0.148. The fourth-order valence-electron chi connectivity index (χ4n) is 7.83. The van der Waals surface area contributed by atoms with E-state index in [1.165, 1.54) is 0 Å². The molecule has 4 atom stereocenters. The summed E-state index contributed by atoms with van der Waals surface area (Å²) in [5, 5.41) is 11.5. The standard InChI is InChI=1S/C40H68N2O5/c1-16-17-18-40(34(44)46-29-19-26(2)41(14)38(10,11)24-29,35(45)47-30-20-27(3)42(15)39(12,13)25-30)23-28-21-31(36(4,5)6)33(43)32(22-28)37(7,8)9/h21-22,26-27,29-30,43H,16-20,23-25H2,1-15H3. The first-order valence-corrected chi connectivity index (χ1v) is 18.1. The normalized spacial score (nSPS) is 26.8. The maximum absolute atomic E-state index is 14.8. The van der Waals surface area contributed by atoms with Gasteiger partial charge in [0.2, 0.25) is 0 Å². The molecule has 0 amide bonds. The number of ether oxygens (including phenoxy) is 2. The van der Waals surface area contributed by atoms with Crippen LogP contribution in [0.1, 0.15) is 152 Å². The number of phenolic OH excluding ortho intramolecular Hbond substituents is 1. The van der Waals surface area contributed by atoms with Crippen molar-refractivity contribution in [3.8, 4) is 5.75 Å². The van der Waals surface area contributed by atoms with Gasteiger partial charge in [-0.05, 0) is 109 Å². The van der Waals surface area contributed by atoms with Crippen molar-refractivity contribution in [1.29, 1.82) is 0 Å². The van der Waals surface area contributed by atoms with Crippen LogP contribution in [0.4, 0.5) is 0 Å². The second-order valence-electron chi connectivity index (χ2n) is 18.4. The summed E-state index contributed by atoms with van der Waals surface area (Å²) < 4.78 is 12.9. The molecule has 0 aromatic heterocycles. The number of piperidine rings is 2. The molecule has 0 aliphatic carbocycles. The Morgan fingerprint density at radius 2 is 1.19 bits per heavy atom. The smallest absolute Gasteiger partial charge is 0.324 e. The maximum atomic E-state index is 14.8. The lowest BCUT2D eigenvalue weighted by Gasteiger charge is -2.48. The van der Waals surface area contributed by atoms with Gasteiger partial charge in [0.15, 0.2) is 5.41 Å². The Morgan fingerprint density at radius 1 is 0.809 bits per heavy atom. The third-order valence-corrected chi connectivity index (χ3v) is 11.5. The molecule has 7 heteroatoms. The fourth-order valence-corrected chi connectivity index (χ4v) is 7.83. The van der Waals surface area contributed by atoms with Crippen molar-refractivity contribution in [2.24, 2.45) is 5.41 Å². The zero-order chi connectivity index (χ0) is 35.9. The summed E-state index contributed by atoms with van der Waals surface area (Å²) >= 11 is 0. The summed E-state index contributed by atoms with van der Waals surface area (Å²) in [5.41, 5.74) is -0.0404. The number of carbonyl (C=O) groups excluding carboxylic acids is 2. The lowest BCUT2D eigenvalue weighted by Crippen LogP contribution is -2.56. The number of carbonyl (C=O) groups is 2. The number of unbranched alkanes of at least 4 members (excludes halogenated alkanes) is 1. The van der Waals surface area contributed by atoms with Gasteiger partial charge in [0.05, 0.1) is 0 Å². The second kappa shape index (κ2) is 14.0. The minimum atomic E-state index is -1.51. The molecule has 2 heterocycles. The monoisotopic (exact) mass is 657 g/mol. The van der Waals surface area contributed by atoms with Crippen molar-refractivity contribution in [3.63, 3.8) is 0 Å². The van der Waals surface area contributed by atoms with Crippen LogP contribution in [0.15, 0.2) is 12.1 Å². The first-order chi connectivity index (χ1) is 21.4. The summed E-state index contributed by atoms with van der Waals surface area (Å²) in [7, 11) is 4.25. The van der Waals surface area contributed by atoms with E-state index >= 15 is 0 Å². The van der Waals surface area contributed by atoms with E-state index in [4.69, 9.17) is 9.47 Å². The number of phenols is 1. The van der Waals surface area contributed by atoms with Gasteiger partial charge in [-0.2, -0.15) is 0 Å². The number of hydrogen-bond donors (Lipinski definition) is 1. The van der Waals surface area contributed by atoms with E-state index in [0.29, 0.717) is 38.5 Å². The Bertz CT molecular complexity index is 1190. The van der Waals surface area contributed by atoms with Crippen LogP contribution in [0.2, 0.25) is 0 Å².